The normalized spacial score (nSPS) is 19.4. The van der Waals surface area contributed by atoms with E-state index in [1.54, 1.807) is 5.06 Å². The summed E-state index contributed by atoms with van der Waals surface area (Å²) in [5, 5.41) is 8.19. The second-order valence-electron chi connectivity index (χ2n) is 8.51. The van der Waals surface area contributed by atoms with Crippen LogP contribution in [0.1, 0.15) is 37.8 Å². The fourth-order valence-electron chi connectivity index (χ4n) is 4.49. The molecule has 9 heteroatoms. The first-order valence-electron chi connectivity index (χ1n) is 11.6. The average molecular weight is 455 g/mol. The van der Waals surface area contributed by atoms with Gasteiger partial charge in [0.1, 0.15) is 5.82 Å². The molecule has 5 rings (SSSR count). The Morgan fingerprint density at radius 2 is 1.81 bits per heavy atom. The van der Waals surface area contributed by atoms with Gasteiger partial charge in [-0.25, -0.2) is 9.78 Å². The lowest BCUT2D eigenvalue weighted by atomic mass is 9.95. The van der Waals surface area contributed by atoms with E-state index < -0.39 is 6.09 Å². The smallest absolute Gasteiger partial charge is 0.366 e. The summed E-state index contributed by atoms with van der Waals surface area (Å²) in [5.41, 5.74) is 1.89. The number of piperazine rings is 1. The highest BCUT2D eigenvalue weighted by molar-refractivity contribution is 7.99. The molecule has 8 nitrogen and oxygen atoms in total. The van der Waals surface area contributed by atoms with E-state index in [0.29, 0.717) is 32.2 Å². The van der Waals surface area contributed by atoms with Crippen LogP contribution in [0, 0.1) is 0 Å². The third-order valence-corrected chi connectivity index (χ3v) is 7.33. The van der Waals surface area contributed by atoms with Crippen LogP contribution in [0.15, 0.2) is 35.2 Å². The number of carbonyl (C=O) groups excluding carboxylic acids is 1. The molecule has 1 aromatic carbocycles. The molecule has 2 aliphatic heterocycles. The van der Waals surface area contributed by atoms with Gasteiger partial charge in [0.2, 0.25) is 5.95 Å². The Morgan fingerprint density at radius 3 is 2.59 bits per heavy atom. The highest BCUT2D eigenvalue weighted by Crippen LogP contribution is 2.37. The Morgan fingerprint density at radius 1 is 1.03 bits per heavy atom. The van der Waals surface area contributed by atoms with Crippen molar-refractivity contribution in [3.63, 3.8) is 0 Å². The third-order valence-electron chi connectivity index (χ3n) is 6.21. The molecule has 3 aliphatic rings. The quantitative estimate of drug-likeness (QED) is 0.697. The van der Waals surface area contributed by atoms with Crippen LogP contribution >= 0.6 is 11.8 Å². The number of thioether (sulfide) groups is 1. The molecule has 0 radical (unpaired) electrons. The van der Waals surface area contributed by atoms with Gasteiger partial charge in [-0.1, -0.05) is 37.5 Å². The van der Waals surface area contributed by atoms with Crippen LogP contribution in [-0.2, 0) is 11.3 Å². The van der Waals surface area contributed by atoms with Gasteiger partial charge in [0.15, 0.2) is 0 Å². The summed E-state index contributed by atoms with van der Waals surface area (Å²) in [6, 6.07) is 9.85. The fraction of sp³-hybridized carbons (Fsp3) is 0.522. The van der Waals surface area contributed by atoms with Gasteiger partial charge in [0, 0.05) is 37.0 Å². The van der Waals surface area contributed by atoms with Gasteiger partial charge in [0.25, 0.3) is 0 Å². The number of hydrogen-bond acceptors (Lipinski definition) is 8. The maximum Gasteiger partial charge on any atom is 0.430 e. The van der Waals surface area contributed by atoms with E-state index in [4.69, 9.17) is 14.8 Å². The van der Waals surface area contributed by atoms with Crippen molar-refractivity contribution in [2.75, 3.05) is 47.5 Å². The van der Waals surface area contributed by atoms with Crippen molar-refractivity contribution in [2.45, 2.75) is 49.5 Å². The van der Waals surface area contributed by atoms with Gasteiger partial charge in [-0.2, -0.15) is 4.98 Å². The monoisotopic (exact) mass is 454 g/mol. The Labute approximate surface area is 193 Å². The number of rotatable bonds is 5. The van der Waals surface area contributed by atoms with Crippen molar-refractivity contribution in [1.82, 2.24) is 15.0 Å². The van der Waals surface area contributed by atoms with Gasteiger partial charge in [-0.15, -0.1) is 16.8 Å². The van der Waals surface area contributed by atoms with Crippen LogP contribution in [0.2, 0.25) is 0 Å². The minimum atomic E-state index is -0.463. The van der Waals surface area contributed by atoms with Gasteiger partial charge >= 0.3 is 6.09 Å². The molecule has 1 aliphatic carbocycles. The third kappa shape index (κ3) is 5.10. The van der Waals surface area contributed by atoms with Gasteiger partial charge in [-0.3, -0.25) is 5.32 Å². The van der Waals surface area contributed by atoms with Crippen molar-refractivity contribution >= 4 is 35.3 Å². The standard InChI is InChI=1S/C23H30N6O2S/c30-23(25-18-9-5-2-6-10-18)31-29-14-12-28(13-15-29)22-26-19-11-16-32-20(19)21(27-22)24-17-7-3-1-4-8-17/h2,5-6,9-10,17H,1,3-4,7-8,11-16H2,(H,25,30)(H,24,26,27). The summed E-state index contributed by atoms with van der Waals surface area (Å²) in [7, 11) is 0. The number of carbonyl (C=O) groups is 1. The summed E-state index contributed by atoms with van der Waals surface area (Å²) in [6.07, 6.45) is 6.91. The van der Waals surface area contributed by atoms with E-state index >= 15 is 0 Å². The number of para-hydroxylation sites is 1. The predicted molar refractivity (Wildman–Crippen MR) is 127 cm³/mol. The van der Waals surface area contributed by atoms with E-state index in [1.807, 2.05) is 42.1 Å². The molecule has 1 aromatic heterocycles. The van der Waals surface area contributed by atoms with Crippen LogP contribution in [-0.4, -0.2) is 59.1 Å². The first-order valence-corrected chi connectivity index (χ1v) is 12.6. The predicted octanol–water partition coefficient (Wildman–Crippen LogP) is 4.16. The molecule has 170 valence electrons. The molecular weight excluding hydrogens is 424 g/mol. The molecular formula is C23H30N6O2S. The van der Waals surface area contributed by atoms with Crippen molar-refractivity contribution in [3.05, 3.63) is 36.0 Å². The second-order valence-corrected chi connectivity index (χ2v) is 9.62. The number of anilines is 3. The van der Waals surface area contributed by atoms with Crippen molar-refractivity contribution in [3.8, 4) is 0 Å². The molecule has 2 aromatic rings. The highest BCUT2D eigenvalue weighted by Gasteiger charge is 2.27. The number of hydrogen-bond donors (Lipinski definition) is 2. The Hall–Kier alpha value is -2.52. The first kappa shape index (κ1) is 21.3. The van der Waals surface area contributed by atoms with E-state index in [-0.39, 0.29) is 0 Å². The zero-order chi connectivity index (χ0) is 21.8. The van der Waals surface area contributed by atoms with Crippen molar-refractivity contribution < 1.29 is 9.63 Å². The first-order chi connectivity index (χ1) is 15.7. The molecule has 2 N–H and O–H groups in total. The molecule has 0 spiro atoms. The van der Waals surface area contributed by atoms with Gasteiger partial charge in [0.05, 0.1) is 23.7 Å². The number of nitrogens with one attached hydrogen (secondary N) is 2. The lowest BCUT2D eigenvalue weighted by Gasteiger charge is -2.33. The molecule has 0 unspecified atom stereocenters. The van der Waals surface area contributed by atoms with E-state index in [2.05, 4.69) is 15.5 Å². The second kappa shape index (κ2) is 9.95. The summed E-state index contributed by atoms with van der Waals surface area (Å²) < 4.78 is 0. The van der Waals surface area contributed by atoms with Crippen LogP contribution in [0.4, 0.5) is 22.2 Å². The number of benzene rings is 1. The average Bonchev–Trinajstić information content (AvgIpc) is 3.30. The number of aryl methyl sites for hydroxylation is 1. The summed E-state index contributed by atoms with van der Waals surface area (Å²) >= 11 is 1.87. The Bertz CT molecular complexity index is 930. The number of aromatic nitrogens is 2. The number of nitrogens with zero attached hydrogens (tertiary/aromatic N) is 4. The largest absolute Gasteiger partial charge is 0.430 e. The maximum absolute atomic E-state index is 12.2. The SMILES string of the molecule is O=C(Nc1ccccc1)ON1CCN(c2nc3c(c(NC4CCCCC4)n2)SCC3)CC1. The van der Waals surface area contributed by atoms with Crippen LogP contribution < -0.4 is 15.5 Å². The fourth-order valence-corrected chi connectivity index (χ4v) is 5.55. The molecule has 0 bridgehead atoms. The summed E-state index contributed by atoms with van der Waals surface area (Å²) in [6.45, 7) is 2.66. The molecule has 32 heavy (non-hydrogen) atoms. The molecule has 3 heterocycles. The highest BCUT2D eigenvalue weighted by atomic mass is 32.2. The van der Waals surface area contributed by atoms with Crippen LogP contribution in [0.3, 0.4) is 0 Å². The number of amides is 1. The molecule has 2 fully saturated rings. The molecule has 1 saturated heterocycles. The lowest BCUT2D eigenvalue weighted by Crippen LogP contribution is -2.48. The van der Waals surface area contributed by atoms with Crippen LogP contribution in [0.5, 0.6) is 0 Å². The summed E-state index contributed by atoms with van der Waals surface area (Å²) in [5.74, 6) is 2.88. The van der Waals surface area contributed by atoms with Crippen LogP contribution in [0.25, 0.3) is 0 Å². The van der Waals surface area contributed by atoms with Crippen molar-refractivity contribution in [2.24, 2.45) is 0 Å². The minimum Gasteiger partial charge on any atom is -0.366 e. The maximum atomic E-state index is 12.2. The Balaban J connectivity index is 1.20. The zero-order valence-electron chi connectivity index (χ0n) is 18.3. The minimum absolute atomic E-state index is 0.463. The van der Waals surface area contributed by atoms with E-state index in [9.17, 15) is 4.79 Å². The zero-order valence-corrected chi connectivity index (χ0v) is 19.1. The Kier molecular flexibility index (Phi) is 6.64. The lowest BCUT2D eigenvalue weighted by molar-refractivity contribution is -0.0967. The number of hydroxylamine groups is 2. The van der Waals surface area contributed by atoms with E-state index in [0.717, 1.165) is 29.6 Å². The van der Waals surface area contributed by atoms with E-state index in [1.165, 1.54) is 42.7 Å². The summed E-state index contributed by atoms with van der Waals surface area (Å²) in [4.78, 5) is 30.9. The number of fused-ring (bicyclic) bond motifs is 1. The van der Waals surface area contributed by atoms with Gasteiger partial charge in [-0.05, 0) is 25.0 Å². The van der Waals surface area contributed by atoms with Gasteiger partial charge < -0.3 is 15.1 Å². The van der Waals surface area contributed by atoms with Crippen molar-refractivity contribution in [1.29, 1.82) is 0 Å². The molecule has 1 saturated carbocycles. The topological polar surface area (TPSA) is 82.6 Å². The molecule has 0 atom stereocenters. The molecule has 1 amide bonds.